The maximum atomic E-state index is 4.14. The summed E-state index contributed by atoms with van der Waals surface area (Å²) in [4.78, 5) is 6.76. The number of hydrogen-bond acceptors (Lipinski definition) is 3. The molecule has 0 amide bonds. The highest BCUT2D eigenvalue weighted by atomic mass is 79.9. The van der Waals surface area contributed by atoms with Crippen LogP contribution >= 0.6 is 15.9 Å². The molecule has 3 nitrogen and oxygen atoms in total. The maximum absolute atomic E-state index is 4.14. The number of anilines is 1. The fraction of sp³-hybridized carbons (Fsp3) is 0.667. The fourth-order valence-corrected chi connectivity index (χ4v) is 2.93. The average Bonchev–Trinajstić information content (AvgIpc) is 2.44. The van der Waals surface area contributed by atoms with Gasteiger partial charge in [-0.3, -0.25) is 4.98 Å². The zero-order valence-electron chi connectivity index (χ0n) is 11.6. The zero-order chi connectivity index (χ0) is 13.3. The highest BCUT2D eigenvalue weighted by Gasteiger charge is 2.08. The molecule has 0 atom stereocenters. The molecule has 0 radical (unpaired) electrons. The summed E-state index contributed by atoms with van der Waals surface area (Å²) in [6, 6.07) is 2.07. The van der Waals surface area contributed by atoms with Crippen molar-refractivity contribution in [1.29, 1.82) is 0 Å². The second-order valence-electron chi connectivity index (χ2n) is 5.28. The molecule has 1 aliphatic rings. The molecule has 0 spiro atoms. The summed E-state index contributed by atoms with van der Waals surface area (Å²) in [6.45, 7) is 4.97. The third kappa shape index (κ3) is 5.91. The first-order valence-electron chi connectivity index (χ1n) is 7.41. The molecule has 4 heteroatoms. The Labute approximate surface area is 124 Å². The summed E-state index contributed by atoms with van der Waals surface area (Å²) in [5.41, 5.74) is 1.10. The lowest BCUT2D eigenvalue weighted by molar-refractivity contribution is 0.224. The van der Waals surface area contributed by atoms with Gasteiger partial charge in [-0.1, -0.05) is 12.8 Å². The van der Waals surface area contributed by atoms with Crippen molar-refractivity contribution in [2.24, 2.45) is 0 Å². The van der Waals surface area contributed by atoms with Crippen LogP contribution in [0.4, 0.5) is 5.69 Å². The van der Waals surface area contributed by atoms with Crippen molar-refractivity contribution in [2.45, 2.75) is 38.5 Å². The van der Waals surface area contributed by atoms with Crippen molar-refractivity contribution in [2.75, 3.05) is 31.5 Å². The quantitative estimate of drug-likeness (QED) is 0.770. The van der Waals surface area contributed by atoms with Gasteiger partial charge in [0.05, 0.1) is 11.9 Å². The van der Waals surface area contributed by atoms with Crippen LogP contribution in [0, 0.1) is 0 Å². The Hall–Kier alpha value is -0.610. The highest BCUT2D eigenvalue weighted by molar-refractivity contribution is 9.10. The van der Waals surface area contributed by atoms with Crippen LogP contribution in [0.2, 0.25) is 0 Å². The minimum absolute atomic E-state index is 1.03. The number of halogens is 1. The average molecular weight is 326 g/mol. The molecule has 0 aromatic carbocycles. The number of rotatable bonds is 7. The Bertz CT molecular complexity index is 364. The molecule has 0 unspecified atom stereocenters. The number of aromatic nitrogens is 1. The van der Waals surface area contributed by atoms with Crippen molar-refractivity contribution in [3.63, 3.8) is 0 Å². The van der Waals surface area contributed by atoms with E-state index in [1.54, 1.807) is 0 Å². The Morgan fingerprint density at radius 1 is 1.11 bits per heavy atom. The monoisotopic (exact) mass is 325 g/mol. The van der Waals surface area contributed by atoms with E-state index in [-0.39, 0.29) is 0 Å². The van der Waals surface area contributed by atoms with Crippen molar-refractivity contribution in [3.05, 3.63) is 22.9 Å². The minimum Gasteiger partial charge on any atom is -0.384 e. The summed E-state index contributed by atoms with van der Waals surface area (Å²) in [5, 5.41) is 3.42. The van der Waals surface area contributed by atoms with Crippen LogP contribution in [-0.2, 0) is 0 Å². The van der Waals surface area contributed by atoms with Crippen molar-refractivity contribution >= 4 is 21.6 Å². The first-order valence-corrected chi connectivity index (χ1v) is 8.21. The lowest BCUT2D eigenvalue weighted by atomic mass is 10.1. The molecule has 0 saturated carbocycles. The fourth-order valence-electron chi connectivity index (χ4n) is 2.56. The van der Waals surface area contributed by atoms with Crippen LogP contribution in [0.3, 0.4) is 0 Å². The Balaban J connectivity index is 1.50. The van der Waals surface area contributed by atoms with Crippen LogP contribution in [0.1, 0.15) is 38.5 Å². The SMILES string of the molecule is Brc1cncc(NCCCCCN2CCCCC2)c1. The van der Waals surface area contributed by atoms with E-state index in [9.17, 15) is 0 Å². The predicted octanol–water partition coefficient (Wildman–Crippen LogP) is 3.91. The molecule has 2 heterocycles. The molecule has 1 N–H and O–H groups in total. The lowest BCUT2D eigenvalue weighted by Crippen LogP contribution is -2.30. The van der Waals surface area contributed by atoms with Crippen LogP contribution < -0.4 is 5.32 Å². The summed E-state index contributed by atoms with van der Waals surface area (Å²) in [6.07, 6.45) is 11.8. The van der Waals surface area contributed by atoms with Gasteiger partial charge in [0, 0.05) is 17.2 Å². The predicted molar refractivity (Wildman–Crippen MR) is 84.6 cm³/mol. The minimum atomic E-state index is 1.03. The van der Waals surface area contributed by atoms with E-state index >= 15 is 0 Å². The molecular weight excluding hydrogens is 302 g/mol. The molecule has 0 bridgehead atoms. The molecule has 0 aliphatic carbocycles. The molecule has 19 heavy (non-hydrogen) atoms. The summed E-state index contributed by atoms with van der Waals surface area (Å²) in [5.74, 6) is 0. The maximum Gasteiger partial charge on any atom is 0.0538 e. The zero-order valence-corrected chi connectivity index (χ0v) is 13.2. The van der Waals surface area contributed by atoms with Crippen molar-refractivity contribution in [1.82, 2.24) is 9.88 Å². The van der Waals surface area contributed by atoms with Crippen molar-refractivity contribution in [3.8, 4) is 0 Å². The van der Waals surface area contributed by atoms with E-state index in [1.807, 2.05) is 12.4 Å². The topological polar surface area (TPSA) is 28.2 Å². The van der Waals surface area contributed by atoms with E-state index in [1.165, 1.54) is 58.2 Å². The summed E-state index contributed by atoms with van der Waals surface area (Å²) < 4.78 is 1.03. The largest absolute Gasteiger partial charge is 0.384 e. The normalized spacial score (nSPS) is 16.5. The van der Waals surface area contributed by atoms with Gasteiger partial charge < -0.3 is 10.2 Å². The van der Waals surface area contributed by atoms with E-state index in [0.29, 0.717) is 0 Å². The van der Waals surface area contributed by atoms with E-state index in [0.717, 1.165) is 16.7 Å². The van der Waals surface area contributed by atoms with Crippen LogP contribution in [0.5, 0.6) is 0 Å². The molecule has 1 fully saturated rings. The van der Waals surface area contributed by atoms with Gasteiger partial charge in [-0.2, -0.15) is 0 Å². The number of hydrogen-bond donors (Lipinski definition) is 1. The number of piperidine rings is 1. The first kappa shape index (κ1) is 14.8. The number of likely N-dealkylation sites (tertiary alicyclic amines) is 1. The van der Waals surface area contributed by atoms with Crippen LogP contribution in [0.15, 0.2) is 22.9 Å². The van der Waals surface area contributed by atoms with Gasteiger partial charge in [0.2, 0.25) is 0 Å². The van der Waals surface area contributed by atoms with Gasteiger partial charge in [-0.25, -0.2) is 0 Å². The van der Waals surface area contributed by atoms with Gasteiger partial charge in [0.15, 0.2) is 0 Å². The Morgan fingerprint density at radius 2 is 1.95 bits per heavy atom. The molecule has 1 aromatic rings. The summed E-state index contributed by atoms with van der Waals surface area (Å²) in [7, 11) is 0. The lowest BCUT2D eigenvalue weighted by Gasteiger charge is -2.26. The van der Waals surface area contributed by atoms with E-state index in [4.69, 9.17) is 0 Å². The first-order chi connectivity index (χ1) is 9.34. The van der Waals surface area contributed by atoms with Crippen LogP contribution in [0.25, 0.3) is 0 Å². The standard InChI is InChI=1S/C15H24BrN3/c16-14-11-15(13-17-12-14)18-7-3-1-4-8-19-9-5-2-6-10-19/h11-13,18H,1-10H2. The van der Waals surface area contributed by atoms with Gasteiger partial charge in [-0.05, 0) is 67.3 Å². The van der Waals surface area contributed by atoms with Crippen molar-refractivity contribution < 1.29 is 0 Å². The smallest absolute Gasteiger partial charge is 0.0538 e. The third-order valence-corrected chi connectivity index (χ3v) is 4.07. The molecule has 106 valence electrons. The van der Waals surface area contributed by atoms with Gasteiger partial charge >= 0.3 is 0 Å². The van der Waals surface area contributed by atoms with Gasteiger partial charge in [0.25, 0.3) is 0 Å². The Kier molecular flexibility index (Phi) is 6.65. The van der Waals surface area contributed by atoms with Gasteiger partial charge in [0.1, 0.15) is 0 Å². The number of nitrogens with one attached hydrogen (secondary N) is 1. The van der Waals surface area contributed by atoms with Gasteiger partial charge in [-0.15, -0.1) is 0 Å². The highest BCUT2D eigenvalue weighted by Crippen LogP contribution is 2.14. The second kappa shape index (κ2) is 8.54. The molecule has 1 aliphatic heterocycles. The Morgan fingerprint density at radius 3 is 2.74 bits per heavy atom. The molecule has 2 rings (SSSR count). The molecule has 1 aromatic heterocycles. The third-order valence-electron chi connectivity index (χ3n) is 3.63. The summed E-state index contributed by atoms with van der Waals surface area (Å²) >= 11 is 3.43. The number of pyridine rings is 1. The van der Waals surface area contributed by atoms with E-state index in [2.05, 4.69) is 37.2 Å². The number of unbranched alkanes of at least 4 members (excludes halogenated alkanes) is 2. The molecular formula is C15H24BrN3. The van der Waals surface area contributed by atoms with Crippen LogP contribution in [-0.4, -0.2) is 36.1 Å². The van der Waals surface area contributed by atoms with E-state index < -0.39 is 0 Å². The molecule has 1 saturated heterocycles. The number of nitrogens with zero attached hydrogens (tertiary/aromatic N) is 2. The second-order valence-corrected chi connectivity index (χ2v) is 6.20.